The molecular weight excluding hydrogens is 376 g/mol. The van der Waals surface area contributed by atoms with E-state index >= 15 is 0 Å². The largest absolute Gasteiger partial charge is 0.509 e. The molecule has 0 saturated carbocycles. The van der Waals surface area contributed by atoms with E-state index < -0.39 is 11.8 Å². The predicted octanol–water partition coefficient (Wildman–Crippen LogP) is 2.11. The molecule has 1 amide bonds. The Balaban J connectivity index is 1.53. The lowest BCUT2D eigenvalue weighted by Gasteiger charge is -2.36. The van der Waals surface area contributed by atoms with Gasteiger partial charge in [-0.15, -0.1) is 0 Å². The number of likely N-dealkylation sites (tertiary alicyclic amines) is 1. The van der Waals surface area contributed by atoms with Crippen LogP contribution in [-0.4, -0.2) is 46.8 Å². The van der Waals surface area contributed by atoms with Gasteiger partial charge in [0.05, 0.1) is 0 Å². The van der Waals surface area contributed by atoms with Crippen LogP contribution in [0.1, 0.15) is 28.9 Å². The zero-order chi connectivity index (χ0) is 20.4. The zero-order valence-corrected chi connectivity index (χ0v) is 16.1. The molecule has 152 valence electrons. The molecule has 0 bridgehead atoms. The molecule has 0 radical (unpaired) electrons. The molecule has 29 heavy (non-hydrogen) atoms. The average molecular weight is 398 g/mol. The monoisotopic (exact) mass is 398 g/mol. The lowest BCUT2D eigenvalue weighted by atomic mass is 9.92. The molecule has 8 heteroatoms. The smallest absolute Gasteiger partial charge is 0.483 e. The van der Waals surface area contributed by atoms with Crippen LogP contribution >= 0.6 is 0 Å². The van der Waals surface area contributed by atoms with Gasteiger partial charge in [-0.1, -0.05) is 30.3 Å². The van der Waals surface area contributed by atoms with E-state index in [2.05, 4.69) is 0 Å². The first-order valence-corrected chi connectivity index (χ1v) is 9.49. The first-order valence-electron chi connectivity index (χ1n) is 9.49. The number of carbonyl (C=O) groups excluding carboxylic acids is 2. The lowest BCUT2D eigenvalue weighted by molar-refractivity contribution is 0.00240. The Morgan fingerprint density at radius 3 is 2.52 bits per heavy atom. The molecule has 0 atom stereocenters. The number of hydrogen-bond donors (Lipinski definition) is 0. The van der Waals surface area contributed by atoms with Crippen molar-refractivity contribution < 1.29 is 23.8 Å². The standard InChI is InChI=1S/C21H22N2O6/c1-22-10-7-16(24)18(27-13-15-5-3-2-4-6-15)17(22)19(25)23-11-8-21(9-12-23)14-28-20(26)29-21/h2-7,10H,8-9,11-14H2,1H3. The molecule has 4 rings (SSSR count). The van der Waals surface area contributed by atoms with Crippen molar-refractivity contribution in [1.29, 1.82) is 0 Å². The van der Waals surface area contributed by atoms with E-state index in [1.165, 1.54) is 6.07 Å². The molecule has 3 heterocycles. The van der Waals surface area contributed by atoms with E-state index in [0.29, 0.717) is 25.9 Å². The second-order valence-electron chi connectivity index (χ2n) is 7.36. The molecule has 2 aliphatic heterocycles. The summed E-state index contributed by atoms with van der Waals surface area (Å²) in [6.45, 7) is 1.20. The summed E-state index contributed by atoms with van der Waals surface area (Å²) < 4.78 is 17.6. The van der Waals surface area contributed by atoms with Gasteiger partial charge in [-0.25, -0.2) is 4.79 Å². The number of rotatable bonds is 4. The van der Waals surface area contributed by atoms with Crippen LogP contribution < -0.4 is 10.2 Å². The van der Waals surface area contributed by atoms with Gasteiger partial charge in [0.15, 0.2) is 17.0 Å². The summed E-state index contributed by atoms with van der Waals surface area (Å²) in [6.07, 6.45) is 1.88. The molecule has 0 unspecified atom stereocenters. The minimum absolute atomic E-state index is 0.0415. The molecule has 0 N–H and O–H groups in total. The minimum atomic E-state index is -0.660. The van der Waals surface area contributed by atoms with Crippen molar-refractivity contribution in [1.82, 2.24) is 9.47 Å². The van der Waals surface area contributed by atoms with Gasteiger partial charge < -0.3 is 23.7 Å². The highest BCUT2D eigenvalue weighted by Crippen LogP contribution is 2.32. The third-order valence-corrected chi connectivity index (χ3v) is 5.38. The maximum Gasteiger partial charge on any atom is 0.509 e. The fourth-order valence-electron chi connectivity index (χ4n) is 3.66. The molecule has 1 spiro atoms. The van der Waals surface area contributed by atoms with Crippen molar-refractivity contribution in [2.45, 2.75) is 25.0 Å². The van der Waals surface area contributed by atoms with Crippen molar-refractivity contribution in [2.24, 2.45) is 7.05 Å². The summed E-state index contributed by atoms with van der Waals surface area (Å²) in [5.41, 5.74) is 0.126. The third-order valence-electron chi connectivity index (χ3n) is 5.38. The molecule has 0 aliphatic carbocycles. The van der Waals surface area contributed by atoms with E-state index in [1.54, 1.807) is 22.7 Å². The number of amides is 1. The van der Waals surface area contributed by atoms with Gasteiger partial charge in [0.2, 0.25) is 5.43 Å². The highest BCUT2D eigenvalue weighted by Gasteiger charge is 2.45. The van der Waals surface area contributed by atoms with Crippen LogP contribution in [0, 0.1) is 0 Å². The van der Waals surface area contributed by atoms with Crippen LogP contribution in [0.25, 0.3) is 0 Å². The molecule has 8 nitrogen and oxygen atoms in total. The van der Waals surface area contributed by atoms with Crippen LogP contribution in [-0.2, 0) is 23.1 Å². The fraction of sp³-hybridized carbons (Fsp3) is 0.381. The van der Waals surface area contributed by atoms with E-state index in [1.807, 2.05) is 30.3 Å². The molecular formula is C21H22N2O6. The van der Waals surface area contributed by atoms with E-state index in [0.717, 1.165) is 5.56 Å². The van der Waals surface area contributed by atoms with Gasteiger partial charge >= 0.3 is 6.16 Å². The normalized spacial score (nSPS) is 17.7. The van der Waals surface area contributed by atoms with Crippen LogP contribution in [0.2, 0.25) is 0 Å². The SMILES string of the molecule is Cn1ccc(=O)c(OCc2ccccc2)c1C(=O)N1CCC2(CC1)COC(=O)O2. The molecule has 2 aliphatic rings. The number of pyridine rings is 1. The number of carbonyl (C=O) groups is 2. The summed E-state index contributed by atoms with van der Waals surface area (Å²) in [4.78, 5) is 38.6. The molecule has 1 aromatic heterocycles. The summed E-state index contributed by atoms with van der Waals surface area (Å²) in [7, 11) is 1.71. The minimum Gasteiger partial charge on any atom is -0.483 e. The number of cyclic esters (lactones) is 1. The van der Waals surface area contributed by atoms with Crippen molar-refractivity contribution in [2.75, 3.05) is 19.7 Å². The van der Waals surface area contributed by atoms with Gasteiger partial charge in [-0.05, 0) is 5.56 Å². The number of hydrogen-bond acceptors (Lipinski definition) is 6. The van der Waals surface area contributed by atoms with Gasteiger partial charge in [-0.3, -0.25) is 9.59 Å². The van der Waals surface area contributed by atoms with E-state index in [9.17, 15) is 14.4 Å². The lowest BCUT2D eigenvalue weighted by Crippen LogP contribution is -2.48. The first kappa shape index (κ1) is 19.0. The Morgan fingerprint density at radius 2 is 1.86 bits per heavy atom. The number of aromatic nitrogens is 1. The maximum absolute atomic E-state index is 13.2. The van der Waals surface area contributed by atoms with Crippen molar-refractivity contribution in [3.8, 4) is 5.75 Å². The summed E-state index contributed by atoms with van der Waals surface area (Å²) in [5.74, 6) is -0.242. The summed E-state index contributed by atoms with van der Waals surface area (Å²) in [5, 5.41) is 0. The Bertz CT molecular complexity index is 976. The number of ether oxygens (including phenoxy) is 3. The Morgan fingerprint density at radius 1 is 1.14 bits per heavy atom. The summed E-state index contributed by atoms with van der Waals surface area (Å²) >= 11 is 0. The maximum atomic E-state index is 13.2. The molecule has 1 aromatic carbocycles. The van der Waals surface area contributed by atoms with Crippen LogP contribution in [0.4, 0.5) is 4.79 Å². The van der Waals surface area contributed by atoms with Gasteiger partial charge in [0, 0.05) is 45.2 Å². The first-order chi connectivity index (χ1) is 14.0. The molecule has 2 fully saturated rings. The number of piperidine rings is 1. The molecule has 2 saturated heterocycles. The highest BCUT2D eigenvalue weighted by molar-refractivity contribution is 5.95. The third kappa shape index (κ3) is 3.83. The van der Waals surface area contributed by atoms with Crippen molar-refractivity contribution in [3.05, 3.63) is 64.1 Å². The second-order valence-corrected chi connectivity index (χ2v) is 7.36. The second kappa shape index (κ2) is 7.62. The van der Waals surface area contributed by atoms with Crippen LogP contribution in [0.5, 0.6) is 5.75 Å². The number of benzene rings is 1. The number of aryl methyl sites for hydroxylation is 1. The predicted molar refractivity (Wildman–Crippen MR) is 103 cm³/mol. The average Bonchev–Trinajstić information content (AvgIpc) is 3.09. The topological polar surface area (TPSA) is 87.1 Å². The van der Waals surface area contributed by atoms with Crippen molar-refractivity contribution in [3.63, 3.8) is 0 Å². The highest BCUT2D eigenvalue weighted by atomic mass is 16.8. The van der Waals surface area contributed by atoms with E-state index in [-0.39, 0.29) is 36.0 Å². The zero-order valence-electron chi connectivity index (χ0n) is 16.1. The fourth-order valence-corrected chi connectivity index (χ4v) is 3.66. The Hall–Kier alpha value is -3.29. The van der Waals surface area contributed by atoms with E-state index in [4.69, 9.17) is 14.2 Å². The molecule has 2 aromatic rings. The van der Waals surface area contributed by atoms with Crippen LogP contribution in [0.15, 0.2) is 47.4 Å². The number of nitrogens with zero attached hydrogens (tertiary/aromatic N) is 2. The van der Waals surface area contributed by atoms with Gasteiger partial charge in [0.1, 0.15) is 13.2 Å². The Labute approximate surface area is 167 Å². The quantitative estimate of drug-likeness (QED) is 0.733. The van der Waals surface area contributed by atoms with Crippen LogP contribution in [0.3, 0.4) is 0 Å². The summed E-state index contributed by atoms with van der Waals surface area (Å²) in [6, 6.07) is 10.8. The van der Waals surface area contributed by atoms with Gasteiger partial charge in [0.25, 0.3) is 5.91 Å². The van der Waals surface area contributed by atoms with Gasteiger partial charge in [-0.2, -0.15) is 0 Å². The Kier molecular flexibility index (Phi) is 5.00. The van der Waals surface area contributed by atoms with Crippen molar-refractivity contribution >= 4 is 12.1 Å².